The summed E-state index contributed by atoms with van der Waals surface area (Å²) in [6.07, 6.45) is 0. The van der Waals surface area contributed by atoms with Gasteiger partial charge in [-0.1, -0.05) is 0 Å². The first kappa shape index (κ1) is 13.5. The predicted molar refractivity (Wildman–Crippen MR) is 73.1 cm³/mol. The maximum Gasteiger partial charge on any atom is 0.355 e. The molecular weight excluding hydrogens is 264 g/mol. The topological polar surface area (TPSA) is 72.2 Å². The summed E-state index contributed by atoms with van der Waals surface area (Å²) in [6, 6.07) is 3.03. The molecule has 0 fully saturated rings. The lowest BCUT2D eigenvalue weighted by Crippen LogP contribution is -2.17. The molecule has 0 aliphatic carbocycles. The van der Waals surface area contributed by atoms with Crippen molar-refractivity contribution < 1.29 is 9.90 Å². The number of carbonyl (C=O) groups is 1. The van der Waals surface area contributed by atoms with Crippen LogP contribution < -0.4 is 5.43 Å². The van der Waals surface area contributed by atoms with Gasteiger partial charge in [0.15, 0.2) is 11.1 Å². The molecule has 2 aromatic heterocycles. The summed E-state index contributed by atoms with van der Waals surface area (Å²) in [6.45, 7) is 5.65. The number of aromatic nitrogens is 2. The first-order valence-corrected chi connectivity index (χ1v) is 6.66. The average molecular weight is 278 g/mol. The second-order valence-electron chi connectivity index (χ2n) is 4.40. The Balaban J connectivity index is 2.46. The van der Waals surface area contributed by atoms with Crippen LogP contribution in [0.5, 0.6) is 0 Å². The van der Waals surface area contributed by atoms with Gasteiger partial charge < -0.3 is 9.67 Å². The van der Waals surface area contributed by atoms with Crippen LogP contribution in [0.15, 0.2) is 22.3 Å². The Morgan fingerprint density at radius 2 is 1.95 bits per heavy atom. The SMILES string of the molecule is Cc1cc(=O)cc(C)n1C(C)c1nc(C(=O)O)cs1. The molecule has 0 amide bonds. The predicted octanol–water partition coefficient (Wildman–Crippen LogP) is 2.23. The molecule has 2 heterocycles. The Morgan fingerprint density at radius 1 is 1.37 bits per heavy atom. The highest BCUT2D eigenvalue weighted by Gasteiger charge is 2.17. The van der Waals surface area contributed by atoms with Gasteiger partial charge in [-0.25, -0.2) is 9.78 Å². The molecule has 1 unspecified atom stereocenters. The minimum atomic E-state index is -1.02. The number of aryl methyl sites for hydroxylation is 2. The van der Waals surface area contributed by atoms with Gasteiger partial charge in [-0.15, -0.1) is 11.3 Å². The number of carboxylic acid groups (broad SMARTS) is 1. The quantitative estimate of drug-likeness (QED) is 0.934. The van der Waals surface area contributed by atoms with Crippen LogP contribution >= 0.6 is 11.3 Å². The van der Waals surface area contributed by atoms with E-state index in [1.54, 1.807) is 12.1 Å². The van der Waals surface area contributed by atoms with E-state index in [0.29, 0.717) is 5.01 Å². The molecule has 0 saturated heterocycles. The van der Waals surface area contributed by atoms with E-state index in [2.05, 4.69) is 4.98 Å². The number of thiazole rings is 1. The minimum absolute atomic E-state index is 0.0242. The summed E-state index contributed by atoms with van der Waals surface area (Å²) in [5.74, 6) is -1.02. The molecule has 0 bridgehead atoms. The van der Waals surface area contributed by atoms with Gasteiger partial charge in [0.2, 0.25) is 0 Å². The maximum atomic E-state index is 11.4. The van der Waals surface area contributed by atoms with E-state index in [1.807, 2.05) is 25.3 Å². The lowest BCUT2D eigenvalue weighted by atomic mass is 10.2. The molecule has 6 heteroatoms. The van der Waals surface area contributed by atoms with E-state index in [4.69, 9.17) is 5.11 Å². The molecule has 0 aromatic carbocycles. The molecular formula is C13H14N2O3S. The molecule has 2 aromatic rings. The van der Waals surface area contributed by atoms with Crippen molar-refractivity contribution in [2.45, 2.75) is 26.8 Å². The molecule has 100 valence electrons. The summed E-state index contributed by atoms with van der Waals surface area (Å²) >= 11 is 1.31. The van der Waals surface area contributed by atoms with E-state index in [1.165, 1.54) is 16.7 Å². The van der Waals surface area contributed by atoms with Gasteiger partial charge in [0.1, 0.15) is 5.01 Å². The molecule has 0 saturated carbocycles. The maximum absolute atomic E-state index is 11.4. The van der Waals surface area contributed by atoms with E-state index in [-0.39, 0.29) is 17.2 Å². The summed E-state index contributed by atoms with van der Waals surface area (Å²) in [4.78, 5) is 26.4. The van der Waals surface area contributed by atoms with Crippen LogP contribution in [0.25, 0.3) is 0 Å². The largest absolute Gasteiger partial charge is 0.476 e. The molecule has 1 atom stereocenters. The highest BCUT2D eigenvalue weighted by atomic mass is 32.1. The van der Waals surface area contributed by atoms with Gasteiger partial charge in [-0.2, -0.15) is 0 Å². The van der Waals surface area contributed by atoms with Crippen molar-refractivity contribution >= 4 is 17.3 Å². The van der Waals surface area contributed by atoms with Crippen molar-refractivity contribution in [3.05, 3.63) is 49.8 Å². The van der Waals surface area contributed by atoms with Crippen molar-refractivity contribution in [2.24, 2.45) is 0 Å². The Morgan fingerprint density at radius 3 is 2.42 bits per heavy atom. The van der Waals surface area contributed by atoms with Gasteiger partial charge in [0.05, 0.1) is 6.04 Å². The molecule has 0 aliphatic heterocycles. The van der Waals surface area contributed by atoms with E-state index in [9.17, 15) is 9.59 Å². The number of carboxylic acids is 1. The third-order valence-corrected chi connectivity index (χ3v) is 3.96. The summed E-state index contributed by atoms with van der Waals surface area (Å²) in [5, 5.41) is 11.1. The number of hydrogen-bond acceptors (Lipinski definition) is 4. The zero-order valence-electron chi connectivity index (χ0n) is 10.9. The van der Waals surface area contributed by atoms with Crippen LogP contribution in [0.3, 0.4) is 0 Å². The summed E-state index contributed by atoms with van der Waals surface area (Å²) in [7, 11) is 0. The third kappa shape index (κ3) is 2.58. The zero-order valence-corrected chi connectivity index (χ0v) is 11.7. The minimum Gasteiger partial charge on any atom is -0.476 e. The van der Waals surface area contributed by atoms with Crippen LogP contribution in [-0.4, -0.2) is 20.6 Å². The van der Waals surface area contributed by atoms with Crippen LogP contribution in [0, 0.1) is 13.8 Å². The first-order chi connectivity index (χ1) is 8.90. The van der Waals surface area contributed by atoms with Crippen LogP contribution in [0.2, 0.25) is 0 Å². The Bertz CT molecular complexity index is 661. The molecule has 1 N–H and O–H groups in total. The Kier molecular flexibility index (Phi) is 3.53. The first-order valence-electron chi connectivity index (χ1n) is 5.78. The fraction of sp³-hybridized carbons (Fsp3) is 0.308. The van der Waals surface area contributed by atoms with Crippen molar-refractivity contribution in [1.29, 1.82) is 0 Å². The Labute approximate surface area is 114 Å². The monoisotopic (exact) mass is 278 g/mol. The third-order valence-electron chi connectivity index (χ3n) is 2.95. The highest BCUT2D eigenvalue weighted by molar-refractivity contribution is 7.09. The lowest BCUT2D eigenvalue weighted by Gasteiger charge is -2.19. The Hall–Kier alpha value is -1.95. The highest BCUT2D eigenvalue weighted by Crippen LogP contribution is 2.24. The fourth-order valence-corrected chi connectivity index (χ4v) is 3.01. The normalized spacial score (nSPS) is 12.4. The fourth-order valence-electron chi connectivity index (χ4n) is 2.17. The van der Waals surface area contributed by atoms with Gasteiger partial charge in [-0.05, 0) is 20.8 Å². The van der Waals surface area contributed by atoms with Crippen molar-refractivity contribution in [3.63, 3.8) is 0 Å². The smallest absolute Gasteiger partial charge is 0.355 e. The molecule has 0 aliphatic rings. The summed E-state index contributed by atoms with van der Waals surface area (Å²) < 4.78 is 1.98. The van der Waals surface area contributed by atoms with E-state index in [0.717, 1.165) is 11.4 Å². The molecule has 0 radical (unpaired) electrons. The van der Waals surface area contributed by atoms with E-state index >= 15 is 0 Å². The van der Waals surface area contributed by atoms with Gasteiger partial charge in [0, 0.05) is 28.9 Å². The number of aromatic carboxylic acids is 1. The van der Waals surface area contributed by atoms with Crippen molar-refractivity contribution in [2.75, 3.05) is 0 Å². The standard InChI is InChI=1S/C13H14N2O3S/c1-7-4-10(16)5-8(2)15(7)9(3)12-14-11(6-19-12)13(17)18/h4-6,9H,1-3H3,(H,17,18). The summed E-state index contributed by atoms with van der Waals surface area (Å²) in [5.41, 5.74) is 1.71. The van der Waals surface area contributed by atoms with Crippen molar-refractivity contribution in [3.8, 4) is 0 Å². The molecule has 19 heavy (non-hydrogen) atoms. The number of pyridine rings is 1. The molecule has 5 nitrogen and oxygen atoms in total. The van der Waals surface area contributed by atoms with Gasteiger partial charge >= 0.3 is 5.97 Å². The number of hydrogen-bond donors (Lipinski definition) is 1. The van der Waals surface area contributed by atoms with E-state index < -0.39 is 5.97 Å². The van der Waals surface area contributed by atoms with Gasteiger partial charge in [-0.3, -0.25) is 4.79 Å². The second kappa shape index (κ2) is 4.97. The number of nitrogens with zero attached hydrogens (tertiary/aromatic N) is 2. The van der Waals surface area contributed by atoms with Crippen LogP contribution in [0.4, 0.5) is 0 Å². The number of rotatable bonds is 3. The molecule has 2 rings (SSSR count). The molecule has 0 spiro atoms. The van der Waals surface area contributed by atoms with Crippen molar-refractivity contribution in [1.82, 2.24) is 9.55 Å². The second-order valence-corrected chi connectivity index (χ2v) is 5.29. The van der Waals surface area contributed by atoms with Crippen LogP contribution in [0.1, 0.15) is 39.8 Å². The van der Waals surface area contributed by atoms with Crippen LogP contribution in [-0.2, 0) is 0 Å². The average Bonchev–Trinajstić information content (AvgIpc) is 2.76. The zero-order chi connectivity index (χ0) is 14.2. The van der Waals surface area contributed by atoms with Gasteiger partial charge in [0.25, 0.3) is 0 Å². The lowest BCUT2D eigenvalue weighted by molar-refractivity contribution is 0.0691.